The largest absolute Gasteiger partial charge is 0.550 e. The van der Waals surface area contributed by atoms with Crippen LogP contribution in [0.25, 0.3) is 0 Å². The van der Waals surface area contributed by atoms with E-state index in [-0.39, 0.29) is 19.3 Å². The van der Waals surface area contributed by atoms with Crippen LogP contribution < -0.4 is 5.11 Å². The summed E-state index contributed by atoms with van der Waals surface area (Å²) in [4.78, 5) is 32.8. The first-order chi connectivity index (χ1) is 19.3. The Labute approximate surface area is 245 Å². The predicted molar refractivity (Wildman–Crippen MR) is 161 cm³/mol. The third-order valence-corrected chi connectivity index (χ3v) is 7.95. The third-order valence-electron chi connectivity index (χ3n) is 7.95. The number of carbonyl (C=O) groups is 3. The first-order valence-electron chi connectivity index (χ1n) is 16.4. The van der Waals surface area contributed by atoms with Gasteiger partial charge in [-0.2, -0.15) is 0 Å². The Morgan fingerprint density at radius 1 is 0.525 bits per heavy atom. The van der Waals surface area contributed by atoms with Gasteiger partial charge in [-0.3, -0.25) is 9.59 Å². The molecule has 40 heavy (non-hydrogen) atoms. The lowest BCUT2D eigenvalue weighted by molar-refractivity contribution is -0.929. The second kappa shape index (κ2) is 27.3. The van der Waals surface area contributed by atoms with Crippen LogP contribution in [0.1, 0.15) is 155 Å². The van der Waals surface area contributed by atoms with E-state index in [0.29, 0.717) is 19.3 Å². The van der Waals surface area contributed by atoms with Crippen LogP contribution in [0.2, 0.25) is 0 Å². The van der Waals surface area contributed by atoms with E-state index in [9.17, 15) is 19.5 Å². The summed E-state index contributed by atoms with van der Waals surface area (Å²) in [5.74, 6) is -2.58. The van der Waals surface area contributed by atoms with Crippen molar-refractivity contribution < 1.29 is 34.2 Å². The number of nitrogens with zero attached hydrogens (tertiary/aromatic N) is 1. The number of hydrogen-bond donors (Lipinski definition) is 2. The lowest BCUT2D eigenvalue weighted by Crippen LogP contribution is -2.51. The van der Waals surface area contributed by atoms with Crippen molar-refractivity contribution in [1.29, 1.82) is 0 Å². The van der Waals surface area contributed by atoms with Gasteiger partial charge in [-0.05, 0) is 83.5 Å². The van der Waals surface area contributed by atoms with Gasteiger partial charge in [0.05, 0.1) is 26.2 Å². The van der Waals surface area contributed by atoms with Gasteiger partial charge >= 0.3 is 11.9 Å². The fourth-order valence-electron chi connectivity index (χ4n) is 5.53. The van der Waals surface area contributed by atoms with Crippen molar-refractivity contribution in [1.82, 2.24) is 0 Å². The third kappa shape index (κ3) is 26.3. The van der Waals surface area contributed by atoms with Gasteiger partial charge in [0.2, 0.25) is 0 Å². The van der Waals surface area contributed by atoms with Crippen molar-refractivity contribution in [2.75, 3.05) is 26.2 Å². The molecule has 0 radical (unpaired) electrons. The Balaban J connectivity index is 4.48. The van der Waals surface area contributed by atoms with Crippen molar-refractivity contribution in [3.63, 3.8) is 0 Å². The highest BCUT2D eigenvalue weighted by Gasteiger charge is 2.26. The van der Waals surface area contributed by atoms with Gasteiger partial charge in [-0.25, -0.2) is 0 Å². The molecule has 0 fully saturated rings. The first kappa shape index (κ1) is 38.1. The quantitative estimate of drug-likeness (QED) is 0.0517. The van der Waals surface area contributed by atoms with Crippen molar-refractivity contribution in [2.24, 2.45) is 0 Å². The highest BCUT2D eigenvalue weighted by Crippen LogP contribution is 2.19. The first-order valence-corrected chi connectivity index (χ1v) is 16.4. The van der Waals surface area contributed by atoms with Crippen molar-refractivity contribution in [2.45, 2.75) is 155 Å². The van der Waals surface area contributed by atoms with Gasteiger partial charge in [0.15, 0.2) is 0 Å². The smallest absolute Gasteiger partial charge is 0.303 e. The maximum absolute atomic E-state index is 11.0. The molecule has 0 aromatic rings. The molecule has 0 amide bonds. The molecule has 0 aliphatic carbocycles. The molecule has 0 rings (SSSR count). The van der Waals surface area contributed by atoms with E-state index in [1.165, 1.54) is 70.6 Å². The van der Waals surface area contributed by atoms with Crippen LogP contribution in [0.5, 0.6) is 0 Å². The van der Waals surface area contributed by atoms with E-state index in [1.807, 2.05) is 0 Å². The minimum absolute atomic E-state index is 0.0601. The molecule has 0 spiro atoms. The predicted octanol–water partition coefficient (Wildman–Crippen LogP) is 7.27. The minimum Gasteiger partial charge on any atom is -0.550 e. The number of rotatable bonds is 31. The van der Waals surface area contributed by atoms with E-state index in [0.717, 1.165) is 69.2 Å². The second-order valence-corrected chi connectivity index (χ2v) is 11.7. The monoisotopic (exact) mass is 567 g/mol. The Morgan fingerprint density at radius 2 is 0.875 bits per heavy atom. The van der Waals surface area contributed by atoms with Gasteiger partial charge in [-0.1, -0.05) is 70.4 Å². The zero-order valence-corrected chi connectivity index (χ0v) is 25.7. The molecule has 2 N–H and O–H groups in total. The molecule has 234 valence electrons. The number of carboxylic acids is 3. The van der Waals surface area contributed by atoms with E-state index < -0.39 is 17.9 Å². The number of allylic oxidation sites excluding steroid dienone is 2. The Morgan fingerprint density at radius 3 is 1.27 bits per heavy atom. The van der Waals surface area contributed by atoms with Crippen molar-refractivity contribution in [3.05, 3.63) is 12.2 Å². The van der Waals surface area contributed by atoms with Gasteiger partial charge < -0.3 is 24.6 Å². The summed E-state index contributed by atoms with van der Waals surface area (Å²) >= 11 is 0. The number of aliphatic carboxylic acids is 3. The maximum atomic E-state index is 11.0. The highest BCUT2D eigenvalue weighted by molar-refractivity contribution is 5.66. The van der Waals surface area contributed by atoms with E-state index >= 15 is 0 Å². The number of unbranched alkanes of at least 4 members (excludes halogenated alkanes) is 15. The molecular formula is C33H61NO6. The molecule has 0 unspecified atom stereocenters. The summed E-state index contributed by atoms with van der Waals surface area (Å²) in [7, 11) is 0. The lowest BCUT2D eigenvalue weighted by atomic mass is 10.1. The summed E-state index contributed by atoms with van der Waals surface area (Å²) in [6.45, 7) is 5.84. The minimum atomic E-state index is -1.02. The molecule has 0 aromatic carbocycles. The van der Waals surface area contributed by atoms with Crippen LogP contribution in [-0.4, -0.2) is 58.8 Å². The number of quaternary nitrogens is 1. The van der Waals surface area contributed by atoms with Gasteiger partial charge in [-0.15, -0.1) is 0 Å². The van der Waals surface area contributed by atoms with Crippen molar-refractivity contribution in [3.8, 4) is 0 Å². The molecule has 0 heterocycles. The number of hydrogen-bond acceptors (Lipinski definition) is 4. The molecule has 0 aliphatic heterocycles. The molecule has 7 nitrogen and oxygen atoms in total. The Hall–Kier alpha value is -1.89. The molecule has 0 aromatic heterocycles. The van der Waals surface area contributed by atoms with Crippen LogP contribution in [0, 0.1) is 0 Å². The molecule has 0 atom stereocenters. The summed E-state index contributed by atoms with van der Waals surface area (Å²) in [6.07, 6.45) is 27.1. The fraction of sp³-hybridized carbons (Fsp3) is 0.848. The highest BCUT2D eigenvalue weighted by atomic mass is 16.4. The van der Waals surface area contributed by atoms with Crippen molar-refractivity contribution >= 4 is 17.9 Å². The van der Waals surface area contributed by atoms with Crippen LogP contribution in [0.15, 0.2) is 12.2 Å². The normalized spacial score (nSPS) is 11.8. The number of carbonyl (C=O) groups excluding carboxylic acids is 1. The molecule has 0 saturated carbocycles. The van der Waals surface area contributed by atoms with Crippen LogP contribution in [0.4, 0.5) is 0 Å². The van der Waals surface area contributed by atoms with Crippen LogP contribution in [-0.2, 0) is 14.4 Å². The number of carboxylic acid groups (broad SMARTS) is 3. The zero-order chi connectivity index (χ0) is 29.7. The van der Waals surface area contributed by atoms with Crippen LogP contribution >= 0.6 is 0 Å². The average Bonchev–Trinajstić information content (AvgIpc) is 2.91. The van der Waals surface area contributed by atoms with E-state index in [4.69, 9.17) is 10.2 Å². The molecule has 7 heteroatoms. The lowest BCUT2D eigenvalue weighted by Gasteiger charge is -2.39. The van der Waals surface area contributed by atoms with Gasteiger partial charge in [0, 0.05) is 18.8 Å². The van der Waals surface area contributed by atoms with E-state index in [2.05, 4.69) is 19.1 Å². The van der Waals surface area contributed by atoms with E-state index in [1.54, 1.807) is 0 Å². The fourth-order valence-corrected chi connectivity index (χ4v) is 5.53. The SMILES string of the molecule is CCCCCCCCCC/C=C/CCCCCC[N+](CCCCC(=O)[O-])(CCCCC(=O)O)CCCCC(=O)O. The van der Waals surface area contributed by atoms with Gasteiger partial charge in [0.25, 0.3) is 0 Å². The zero-order valence-electron chi connectivity index (χ0n) is 25.7. The molecular weight excluding hydrogens is 506 g/mol. The summed E-state index contributed by atoms with van der Waals surface area (Å²) in [6, 6.07) is 0. The average molecular weight is 568 g/mol. The Kier molecular flexibility index (Phi) is 26.0. The molecule has 0 aliphatic rings. The summed E-state index contributed by atoms with van der Waals surface area (Å²) in [5.41, 5.74) is 0. The second-order valence-electron chi connectivity index (χ2n) is 11.7. The molecule has 0 bridgehead atoms. The Bertz CT molecular complexity index is 608. The van der Waals surface area contributed by atoms with Gasteiger partial charge in [0.1, 0.15) is 0 Å². The summed E-state index contributed by atoms with van der Waals surface area (Å²) in [5, 5.41) is 28.9. The maximum Gasteiger partial charge on any atom is 0.303 e. The molecule has 0 saturated heterocycles. The standard InChI is InChI=1S/C33H61NO6/c1-2-3-4-5-6-7-8-9-10-11-12-13-14-15-16-20-27-34(28-21-17-24-31(35)36,29-22-18-25-32(37)38)30-23-19-26-33(39)40/h11-12H,2-10,13-30H2,1H3,(H2-,35,36,37,38,39,40)/b12-11+. The van der Waals surface area contributed by atoms with Crippen LogP contribution in [0.3, 0.4) is 0 Å². The topological polar surface area (TPSA) is 115 Å². The summed E-state index contributed by atoms with van der Waals surface area (Å²) < 4.78 is 0.838.